The smallest absolute Gasteiger partial charge is 0.224 e. The monoisotopic (exact) mass is 349 g/mol. The van der Waals surface area contributed by atoms with Crippen LogP contribution in [0.4, 0.5) is 10.1 Å². The summed E-state index contributed by atoms with van der Waals surface area (Å²) in [5.74, 6) is 0.227. The van der Waals surface area contributed by atoms with Gasteiger partial charge in [0, 0.05) is 38.4 Å². The van der Waals surface area contributed by atoms with Gasteiger partial charge in [0.05, 0.1) is 12.0 Å². The van der Waals surface area contributed by atoms with E-state index in [-0.39, 0.29) is 11.7 Å². The molecule has 0 aromatic heterocycles. The number of primary amides is 1. The molecule has 3 N–H and O–H groups in total. The van der Waals surface area contributed by atoms with Gasteiger partial charge in [0.25, 0.3) is 0 Å². The van der Waals surface area contributed by atoms with Gasteiger partial charge in [-0.1, -0.05) is 0 Å². The molecule has 0 spiro atoms. The van der Waals surface area contributed by atoms with Gasteiger partial charge in [-0.2, -0.15) is 0 Å². The predicted molar refractivity (Wildman–Crippen MR) is 99.1 cm³/mol. The fourth-order valence-electron chi connectivity index (χ4n) is 2.60. The first kappa shape index (κ1) is 19.0. The number of nitrogens with zero attached hydrogens (tertiary/aromatic N) is 3. The van der Waals surface area contributed by atoms with Gasteiger partial charge in [-0.05, 0) is 45.0 Å². The number of halogens is 1. The Morgan fingerprint density at radius 3 is 2.36 bits per heavy atom. The van der Waals surface area contributed by atoms with Crippen LogP contribution in [0, 0.1) is 11.2 Å². The molecule has 1 aliphatic heterocycles. The standard InChI is InChI=1S/C18H28FN5O/c1-4-21-17(22-13-18(2,3)16(20)25)24-11-9-23(10-12-24)15-7-5-14(19)6-8-15/h5-8H,4,9-13H2,1-3H3,(H2,20,25)(H,21,22). The number of anilines is 1. The van der Waals surface area contributed by atoms with E-state index >= 15 is 0 Å². The molecule has 1 aliphatic rings. The number of nitrogens with one attached hydrogen (secondary N) is 1. The molecule has 2 rings (SSSR count). The normalized spacial score (nSPS) is 16.1. The zero-order chi connectivity index (χ0) is 18.4. The minimum atomic E-state index is -0.670. The fourth-order valence-corrected chi connectivity index (χ4v) is 2.60. The highest BCUT2D eigenvalue weighted by molar-refractivity contribution is 5.83. The number of piperazine rings is 1. The Labute approximate surface area is 148 Å². The topological polar surface area (TPSA) is 74.0 Å². The predicted octanol–water partition coefficient (Wildman–Crippen LogP) is 1.42. The first-order chi connectivity index (χ1) is 11.8. The summed E-state index contributed by atoms with van der Waals surface area (Å²) in [7, 11) is 0. The van der Waals surface area contributed by atoms with Crippen LogP contribution in [0.3, 0.4) is 0 Å². The summed E-state index contributed by atoms with van der Waals surface area (Å²) < 4.78 is 13.1. The maximum absolute atomic E-state index is 13.1. The summed E-state index contributed by atoms with van der Waals surface area (Å²) in [5, 5.41) is 3.28. The Hall–Kier alpha value is -2.31. The lowest BCUT2D eigenvalue weighted by Crippen LogP contribution is -2.53. The lowest BCUT2D eigenvalue weighted by Gasteiger charge is -2.38. The number of hydrogen-bond acceptors (Lipinski definition) is 3. The van der Waals surface area contributed by atoms with E-state index < -0.39 is 5.41 Å². The van der Waals surface area contributed by atoms with Crippen LogP contribution in [0.25, 0.3) is 0 Å². The number of carbonyl (C=O) groups is 1. The number of benzene rings is 1. The summed E-state index contributed by atoms with van der Waals surface area (Å²) in [6, 6.07) is 6.58. The molecular formula is C18H28FN5O. The third-order valence-corrected chi connectivity index (χ3v) is 4.40. The van der Waals surface area contributed by atoms with Gasteiger partial charge in [-0.15, -0.1) is 0 Å². The van der Waals surface area contributed by atoms with Crippen LogP contribution in [0.5, 0.6) is 0 Å². The van der Waals surface area contributed by atoms with Gasteiger partial charge in [-0.3, -0.25) is 9.79 Å². The van der Waals surface area contributed by atoms with Gasteiger partial charge < -0.3 is 20.9 Å². The van der Waals surface area contributed by atoms with Crippen molar-refractivity contribution < 1.29 is 9.18 Å². The highest BCUT2D eigenvalue weighted by Crippen LogP contribution is 2.18. The van der Waals surface area contributed by atoms with Crippen LogP contribution in [0.1, 0.15) is 20.8 Å². The lowest BCUT2D eigenvalue weighted by molar-refractivity contribution is -0.125. The second kappa shape index (κ2) is 8.18. The maximum atomic E-state index is 13.1. The van der Waals surface area contributed by atoms with E-state index in [0.717, 1.165) is 44.4 Å². The van der Waals surface area contributed by atoms with Gasteiger partial charge in [0.1, 0.15) is 5.82 Å². The maximum Gasteiger partial charge on any atom is 0.224 e. The van der Waals surface area contributed by atoms with Crippen molar-refractivity contribution in [2.24, 2.45) is 16.1 Å². The van der Waals surface area contributed by atoms with Crippen molar-refractivity contribution in [3.05, 3.63) is 30.1 Å². The Kier molecular flexibility index (Phi) is 6.22. The van der Waals surface area contributed by atoms with Crippen LogP contribution in [-0.4, -0.2) is 56.0 Å². The Balaban J connectivity index is 1.99. The van der Waals surface area contributed by atoms with Gasteiger partial charge in [-0.25, -0.2) is 4.39 Å². The van der Waals surface area contributed by atoms with Gasteiger partial charge >= 0.3 is 0 Å². The summed E-state index contributed by atoms with van der Waals surface area (Å²) in [6.07, 6.45) is 0. The van der Waals surface area contributed by atoms with Gasteiger partial charge in [0.15, 0.2) is 5.96 Å². The molecule has 1 aromatic rings. The summed E-state index contributed by atoms with van der Waals surface area (Å²) in [5.41, 5.74) is 5.78. The molecule has 1 fully saturated rings. The van der Waals surface area contributed by atoms with E-state index in [2.05, 4.69) is 20.1 Å². The fraction of sp³-hybridized carbons (Fsp3) is 0.556. The van der Waals surface area contributed by atoms with Crippen molar-refractivity contribution in [2.45, 2.75) is 20.8 Å². The number of hydrogen-bond donors (Lipinski definition) is 2. The second-order valence-corrected chi connectivity index (χ2v) is 6.87. The largest absolute Gasteiger partial charge is 0.369 e. The van der Waals surface area contributed by atoms with Crippen LogP contribution >= 0.6 is 0 Å². The summed E-state index contributed by atoms with van der Waals surface area (Å²) in [6.45, 7) is 10.00. The molecular weight excluding hydrogens is 321 g/mol. The highest BCUT2D eigenvalue weighted by Gasteiger charge is 2.26. The van der Waals surface area contributed by atoms with Crippen LogP contribution in [0.15, 0.2) is 29.3 Å². The Bertz CT molecular complexity index is 606. The van der Waals surface area contributed by atoms with Crippen LogP contribution in [-0.2, 0) is 4.79 Å². The molecule has 0 aliphatic carbocycles. The average Bonchev–Trinajstić information content (AvgIpc) is 2.59. The average molecular weight is 349 g/mol. The molecule has 0 atom stereocenters. The molecule has 0 saturated carbocycles. The Morgan fingerprint density at radius 1 is 1.24 bits per heavy atom. The van der Waals surface area contributed by atoms with E-state index in [9.17, 15) is 9.18 Å². The van der Waals surface area contributed by atoms with E-state index in [0.29, 0.717) is 6.54 Å². The van der Waals surface area contributed by atoms with Crippen molar-refractivity contribution in [3.8, 4) is 0 Å². The number of rotatable bonds is 5. The van der Waals surface area contributed by atoms with E-state index in [1.807, 2.05) is 6.92 Å². The molecule has 7 heteroatoms. The van der Waals surface area contributed by atoms with Crippen molar-refractivity contribution in [1.82, 2.24) is 10.2 Å². The summed E-state index contributed by atoms with van der Waals surface area (Å²) in [4.78, 5) is 20.5. The molecule has 0 bridgehead atoms. The SMILES string of the molecule is CCNC(=NCC(C)(C)C(N)=O)N1CCN(c2ccc(F)cc2)CC1. The summed E-state index contributed by atoms with van der Waals surface area (Å²) >= 11 is 0. The van der Waals surface area contributed by atoms with Crippen LogP contribution in [0.2, 0.25) is 0 Å². The van der Waals surface area contributed by atoms with Crippen molar-refractivity contribution >= 4 is 17.6 Å². The van der Waals surface area contributed by atoms with Gasteiger partial charge in [0.2, 0.25) is 5.91 Å². The quantitative estimate of drug-likeness (QED) is 0.623. The van der Waals surface area contributed by atoms with E-state index in [1.165, 1.54) is 12.1 Å². The molecule has 6 nitrogen and oxygen atoms in total. The highest BCUT2D eigenvalue weighted by atomic mass is 19.1. The van der Waals surface area contributed by atoms with E-state index in [1.54, 1.807) is 26.0 Å². The molecule has 1 saturated heterocycles. The van der Waals surface area contributed by atoms with Crippen LogP contribution < -0.4 is 16.0 Å². The zero-order valence-corrected chi connectivity index (χ0v) is 15.3. The Morgan fingerprint density at radius 2 is 1.84 bits per heavy atom. The van der Waals surface area contributed by atoms with E-state index in [4.69, 9.17) is 5.73 Å². The first-order valence-corrected chi connectivity index (χ1v) is 8.67. The van der Waals surface area contributed by atoms with Crippen molar-refractivity contribution in [3.63, 3.8) is 0 Å². The molecule has 1 heterocycles. The number of carbonyl (C=O) groups excluding carboxylic acids is 1. The van der Waals surface area contributed by atoms with Crippen molar-refractivity contribution in [2.75, 3.05) is 44.2 Å². The number of amides is 1. The lowest BCUT2D eigenvalue weighted by atomic mass is 9.93. The molecule has 25 heavy (non-hydrogen) atoms. The molecule has 1 aromatic carbocycles. The molecule has 0 unspecified atom stereocenters. The molecule has 1 amide bonds. The second-order valence-electron chi connectivity index (χ2n) is 6.87. The number of aliphatic imine (C=N–C) groups is 1. The van der Waals surface area contributed by atoms with Crippen molar-refractivity contribution in [1.29, 1.82) is 0 Å². The minimum absolute atomic E-state index is 0.221. The first-order valence-electron chi connectivity index (χ1n) is 8.67. The third-order valence-electron chi connectivity index (χ3n) is 4.40. The number of nitrogens with two attached hydrogens (primary N) is 1. The third kappa shape index (κ3) is 5.08. The molecule has 138 valence electrons. The molecule has 0 radical (unpaired) electrons. The zero-order valence-electron chi connectivity index (χ0n) is 15.3. The minimum Gasteiger partial charge on any atom is -0.369 e. The number of guanidine groups is 1.